The number of nitrogens with one attached hydrogen (secondary N) is 2. The molecule has 2 aliphatic heterocycles. The first kappa shape index (κ1) is 31.0. The largest absolute Gasteiger partial charge is 0.340 e. The van der Waals surface area contributed by atoms with Gasteiger partial charge in [-0.15, -0.1) is 6.58 Å². The second-order valence-corrected chi connectivity index (χ2v) is 14.3. The van der Waals surface area contributed by atoms with Crippen molar-refractivity contribution in [3.05, 3.63) is 12.7 Å². The summed E-state index contributed by atoms with van der Waals surface area (Å²) in [5.41, 5.74) is -2.19. The van der Waals surface area contributed by atoms with E-state index in [-0.39, 0.29) is 31.2 Å². The number of hydrogen-bond donors (Lipinski definition) is 2. The summed E-state index contributed by atoms with van der Waals surface area (Å²) in [6.07, 6.45) is 3.14. The zero-order valence-electron chi connectivity index (χ0n) is 23.5. The Morgan fingerprint density at radius 3 is 2.26 bits per heavy atom. The first-order chi connectivity index (χ1) is 18.1. The Morgan fingerprint density at radius 1 is 1.05 bits per heavy atom. The van der Waals surface area contributed by atoms with Gasteiger partial charge in [-0.2, -0.15) is 0 Å². The van der Waals surface area contributed by atoms with E-state index in [1.165, 1.54) is 22.8 Å². The zero-order valence-corrected chi connectivity index (χ0v) is 24.3. The highest BCUT2D eigenvalue weighted by molar-refractivity contribution is 7.90. The summed E-state index contributed by atoms with van der Waals surface area (Å²) < 4.78 is 40.7. The topological polar surface area (TPSA) is 133 Å². The van der Waals surface area contributed by atoms with Crippen molar-refractivity contribution in [3.8, 4) is 0 Å². The van der Waals surface area contributed by atoms with Crippen molar-refractivity contribution in [2.45, 2.75) is 102 Å². The molecule has 2 heterocycles. The molecule has 3 fully saturated rings. The first-order valence-electron chi connectivity index (χ1n) is 13.8. The molecule has 0 spiro atoms. The van der Waals surface area contributed by atoms with Crippen LogP contribution in [0.5, 0.6) is 0 Å². The second kappa shape index (κ2) is 11.9. The summed E-state index contributed by atoms with van der Waals surface area (Å²) in [4.78, 5) is 56.2. The number of halogens is 1. The van der Waals surface area contributed by atoms with Gasteiger partial charge in [0.05, 0.1) is 17.7 Å². The smallest absolute Gasteiger partial charge is 0.259 e. The molecule has 10 nitrogen and oxygen atoms in total. The van der Waals surface area contributed by atoms with Crippen LogP contribution in [-0.2, 0) is 29.2 Å². The third kappa shape index (κ3) is 7.58. The van der Waals surface area contributed by atoms with Gasteiger partial charge in [-0.1, -0.05) is 26.8 Å². The Balaban J connectivity index is 1.74. The van der Waals surface area contributed by atoms with Crippen molar-refractivity contribution in [1.82, 2.24) is 19.8 Å². The van der Waals surface area contributed by atoms with Gasteiger partial charge in [0.1, 0.15) is 17.8 Å². The molecular weight excluding hydrogens is 527 g/mol. The fourth-order valence-electron chi connectivity index (χ4n) is 5.27. The van der Waals surface area contributed by atoms with E-state index in [0.29, 0.717) is 51.6 Å². The number of carbonyl (C=O) groups is 4. The third-order valence-corrected chi connectivity index (χ3v) is 9.75. The molecule has 1 saturated carbocycles. The highest BCUT2D eigenvalue weighted by Crippen LogP contribution is 2.34. The van der Waals surface area contributed by atoms with E-state index in [4.69, 9.17) is 0 Å². The molecule has 12 heteroatoms. The fraction of sp³-hybridized carbons (Fsp3) is 0.778. The van der Waals surface area contributed by atoms with Crippen LogP contribution in [0.25, 0.3) is 0 Å². The van der Waals surface area contributed by atoms with Gasteiger partial charge < -0.3 is 15.1 Å². The maximum Gasteiger partial charge on any atom is 0.259 e. The van der Waals surface area contributed by atoms with Crippen molar-refractivity contribution in [2.75, 3.05) is 19.6 Å². The van der Waals surface area contributed by atoms with E-state index in [1.54, 1.807) is 0 Å². The summed E-state index contributed by atoms with van der Waals surface area (Å²) in [6.45, 7) is 11.4. The predicted molar refractivity (Wildman–Crippen MR) is 144 cm³/mol. The Labute approximate surface area is 231 Å². The van der Waals surface area contributed by atoms with Gasteiger partial charge >= 0.3 is 0 Å². The molecule has 39 heavy (non-hydrogen) atoms. The second-order valence-electron chi connectivity index (χ2n) is 12.4. The Bertz CT molecular complexity index is 1090. The van der Waals surface area contributed by atoms with E-state index in [2.05, 4.69) is 16.6 Å². The third-order valence-electron chi connectivity index (χ3n) is 7.93. The highest BCUT2D eigenvalue weighted by atomic mass is 32.2. The van der Waals surface area contributed by atoms with Gasteiger partial charge in [0.25, 0.3) is 5.91 Å². The molecule has 0 radical (unpaired) electrons. The summed E-state index contributed by atoms with van der Waals surface area (Å²) in [6, 6.07) is -0.875. The van der Waals surface area contributed by atoms with Crippen LogP contribution < -0.4 is 10.0 Å². The average molecular weight is 571 g/mol. The number of rotatable bonds is 10. The van der Waals surface area contributed by atoms with E-state index >= 15 is 0 Å². The lowest BCUT2D eigenvalue weighted by Crippen LogP contribution is -2.61. The van der Waals surface area contributed by atoms with Crippen LogP contribution in [0.4, 0.5) is 4.39 Å². The Kier molecular flexibility index (Phi) is 9.50. The van der Waals surface area contributed by atoms with Gasteiger partial charge in [-0.05, 0) is 57.3 Å². The maximum absolute atomic E-state index is 13.9. The van der Waals surface area contributed by atoms with Crippen molar-refractivity contribution >= 4 is 33.7 Å². The zero-order chi connectivity index (χ0) is 29.2. The molecule has 0 aromatic rings. The van der Waals surface area contributed by atoms with Crippen LogP contribution in [0.3, 0.4) is 0 Å². The summed E-state index contributed by atoms with van der Waals surface area (Å²) >= 11 is 0. The number of amides is 4. The Hall–Kier alpha value is -2.50. The Morgan fingerprint density at radius 2 is 1.69 bits per heavy atom. The molecule has 1 aliphatic carbocycles. The minimum atomic E-state index is -3.83. The lowest BCUT2D eigenvalue weighted by atomic mass is 9.77. The fourth-order valence-corrected chi connectivity index (χ4v) is 6.68. The molecule has 3 aliphatic rings. The van der Waals surface area contributed by atoms with E-state index in [1.807, 2.05) is 20.8 Å². The number of nitrogens with zero attached hydrogens (tertiary/aromatic N) is 2. The van der Waals surface area contributed by atoms with Gasteiger partial charge in [0, 0.05) is 19.5 Å². The lowest BCUT2D eigenvalue weighted by molar-refractivity contribution is -0.149. The first-order valence-corrected chi connectivity index (χ1v) is 15.3. The number of alkyl halides is 1. The summed E-state index contributed by atoms with van der Waals surface area (Å²) in [7, 11) is -3.83. The van der Waals surface area contributed by atoms with Crippen LogP contribution in [0.15, 0.2) is 12.7 Å². The molecular formula is C27H43FN4O6S. The van der Waals surface area contributed by atoms with Gasteiger partial charge in [0.15, 0.2) is 0 Å². The molecule has 3 rings (SSSR count). The maximum atomic E-state index is 13.9. The molecule has 0 bridgehead atoms. The molecule has 2 saturated heterocycles. The van der Waals surface area contributed by atoms with E-state index in [0.717, 1.165) is 0 Å². The molecule has 220 valence electrons. The van der Waals surface area contributed by atoms with Crippen molar-refractivity contribution in [1.29, 1.82) is 0 Å². The van der Waals surface area contributed by atoms with Crippen LogP contribution in [-0.4, -0.2) is 84.5 Å². The molecule has 2 N–H and O–H groups in total. The highest BCUT2D eigenvalue weighted by Gasteiger charge is 2.46. The van der Waals surface area contributed by atoms with Gasteiger partial charge in [-0.3, -0.25) is 23.9 Å². The number of sulfonamides is 1. The SMILES string of the molecule is C=CC[C@@](C)(NC(=O)[C@@H]1CCCN1C(=O)[C@@H](CC(=O)N1CCCC(F)C1)C(C)(C)C)C(=O)NS(=O)(=O)C1CC1. The van der Waals surface area contributed by atoms with Crippen molar-refractivity contribution in [3.63, 3.8) is 0 Å². The van der Waals surface area contributed by atoms with Crippen molar-refractivity contribution in [2.24, 2.45) is 11.3 Å². The molecule has 0 aromatic carbocycles. The predicted octanol–water partition coefficient (Wildman–Crippen LogP) is 2.05. The van der Waals surface area contributed by atoms with E-state index < -0.39 is 56.2 Å². The molecule has 4 amide bonds. The number of hydrogen-bond acceptors (Lipinski definition) is 6. The average Bonchev–Trinajstić information content (AvgIpc) is 3.59. The van der Waals surface area contributed by atoms with Crippen LogP contribution in [0, 0.1) is 11.3 Å². The van der Waals surface area contributed by atoms with E-state index in [9.17, 15) is 32.0 Å². The summed E-state index contributed by atoms with van der Waals surface area (Å²) in [5.74, 6) is -2.78. The molecule has 0 aromatic heterocycles. The molecule has 4 atom stereocenters. The van der Waals surface area contributed by atoms with Crippen molar-refractivity contribution < 1.29 is 32.0 Å². The quantitative estimate of drug-likeness (QED) is 0.387. The number of piperidine rings is 1. The summed E-state index contributed by atoms with van der Waals surface area (Å²) in [5, 5.41) is 2.07. The lowest BCUT2D eigenvalue weighted by Gasteiger charge is -2.37. The van der Waals surface area contributed by atoms with Crippen LogP contribution >= 0.6 is 0 Å². The minimum Gasteiger partial charge on any atom is -0.340 e. The number of carbonyl (C=O) groups excluding carboxylic acids is 4. The monoisotopic (exact) mass is 570 g/mol. The van der Waals surface area contributed by atoms with Crippen LogP contribution in [0.2, 0.25) is 0 Å². The minimum absolute atomic E-state index is 0.0179. The van der Waals surface area contributed by atoms with Gasteiger partial charge in [-0.25, -0.2) is 12.8 Å². The molecule has 1 unspecified atom stereocenters. The standard InChI is InChI=1S/C27H43FN4O6S/c1-6-13-27(5,25(36)30-39(37,38)19-11-12-19)29-23(34)21-10-8-15-32(21)24(35)20(26(2,3)4)16-22(33)31-14-7-9-18(28)17-31/h6,18-21H,1,7-17H2,2-5H3,(H,29,34)(H,30,36)/t18?,20-,21+,27-/m1/s1. The van der Waals surface area contributed by atoms with Gasteiger partial charge in [0.2, 0.25) is 27.7 Å². The van der Waals surface area contributed by atoms with Crippen LogP contribution in [0.1, 0.15) is 79.1 Å². The number of likely N-dealkylation sites (tertiary alicyclic amines) is 2. The normalized spacial score (nSPS) is 24.4.